The van der Waals surface area contributed by atoms with E-state index >= 15 is 0 Å². The second-order valence-electron chi connectivity index (χ2n) is 7.42. The van der Waals surface area contributed by atoms with Crippen LogP contribution in [0.15, 0.2) is 53.4 Å². The second kappa shape index (κ2) is 9.74. The zero-order valence-electron chi connectivity index (χ0n) is 17.2. The normalized spacial score (nSPS) is 11.6. The molecule has 4 heteroatoms. The van der Waals surface area contributed by atoms with Crippen LogP contribution in [0.2, 0.25) is 0 Å². The molecule has 0 heterocycles. The van der Waals surface area contributed by atoms with Crippen LogP contribution in [0.3, 0.4) is 0 Å². The fraction of sp³-hybridized carbons (Fsp3) is 0.333. The topological polar surface area (TPSA) is 43.4 Å². The molecule has 2 aromatic rings. The maximum Gasteiger partial charge on any atom is 0.185 e. The van der Waals surface area contributed by atoms with E-state index in [1.54, 1.807) is 31.7 Å². The van der Waals surface area contributed by atoms with Gasteiger partial charge in [0.1, 0.15) is 5.75 Å². The van der Waals surface area contributed by atoms with Gasteiger partial charge in [0.05, 0.1) is 0 Å². The summed E-state index contributed by atoms with van der Waals surface area (Å²) in [7, 11) is 0. The molecule has 3 nitrogen and oxygen atoms in total. The Hall–Kier alpha value is -2.33. The van der Waals surface area contributed by atoms with Gasteiger partial charge in [-0.3, -0.25) is 9.59 Å². The highest BCUT2D eigenvalue weighted by molar-refractivity contribution is 7.98. The summed E-state index contributed by atoms with van der Waals surface area (Å²) in [4.78, 5) is 24.5. The lowest BCUT2D eigenvalue weighted by Gasteiger charge is -2.23. The Morgan fingerprint density at radius 1 is 1.11 bits per heavy atom. The molecule has 0 aliphatic heterocycles. The maximum atomic E-state index is 12.2. The monoisotopic (exact) mass is 396 g/mol. The quantitative estimate of drug-likeness (QED) is 0.234. The van der Waals surface area contributed by atoms with E-state index < -0.39 is 5.60 Å². The average Bonchev–Trinajstić information content (AvgIpc) is 2.68. The van der Waals surface area contributed by atoms with Gasteiger partial charge < -0.3 is 4.74 Å². The maximum absolute atomic E-state index is 12.2. The molecule has 0 radical (unpaired) electrons. The van der Waals surface area contributed by atoms with Gasteiger partial charge in [-0.05, 0) is 93.8 Å². The van der Waals surface area contributed by atoms with E-state index in [0.29, 0.717) is 5.56 Å². The fourth-order valence-electron chi connectivity index (χ4n) is 2.92. The van der Waals surface area contributed by atoms with Crippen molar-refractivity contribution in [2.75, 3.05) is 6.26 Å². The summed E-state index contributed by atoms with van der Waals surface area (Å²) >= 11 is 1.66. The van der Waals surface area contributed by atoms with Crippen molar-refractivity contribution in [3.05, 3.63) is 70.8 Å². The van der Waals surface area contributed by atoms with Crippen LogP contribution in [0.1, 0.15) is 47.3 Å². The molecule has 0 aliphatic carbocycles. The summed E-state index contributed by atoms with van der Waals surface area (Å²) in [5, 5.41) is 0. The van der Waals surface area contributed by atoms with E-state index in [1.807, 2.05) is 50.4 Å². The molecule has 0 bridgehead atoms. The minimum Gasteiger partial charge on any atom is -0.480 e. The number of rotatable bonds is 9. The molecule has 148 valence electrons. The molecule has 0 atom stereocenters. The standard InChI is InChI=1S/C24H28O3S/c1-17-14-19(15-18(2)23(17)27-24(3,4)16-25)8-6-7-9-22(26)20-10-12-21(28-5)13-11-20/h7,9-16H,6,8H2,1-5H3/b9-7+. The van der Waals surface area contributed by atoms with Gasteiger partial charge in [0.2, 0.25) is 0 Å². The van der Waals surface area contributed by atoms with Crippen molar-refractivity contribution in [1.82, 2.24) is 0 Å². The van der Waals surface area contributed by atoms with Crippen molar-refractivity contribution < 1.29 is 14.3 Å². The smallest absolute Gasteiger partial charge is 0.185 e. The van der Waals surface area contributed by atoms with Crippen LogP contribution in [0.25, 0.3) is 0 Å². The molecular formula is C24H28O3S. The van der Waals surface area contributed by atoms with Crippen LogP contribution in [0.5, 0.6) is 5.75 Å². The summed E-state index contributed by atoms with van der Waals surface area (Å²) in [6.45, 7) is 7.49. The molecule has 2 aromatic carbocycles. The number of carbonyl (C=O) groups is 2. The molecular weight excluding hydrogens is 368 g/mol. The number of thioether (sulfide) groups is 1. The Morgan fingerprint density at radius 3 is 2.25 bits per heavy atom. The SMILES string of the molecule is CSc1ccc(C(=O)/C=C/CCc2cc(C)c(OC(C)(C)C=O)c(C)c2)cc1. The van der Waals surface area contributed by atoms with Crippen LogP contribution in [-0.4, -0.2) is 23.9 Å². The van der Waals surface area contributed by atoms with Gasteiger partial charge in [0, 0.05) is 10.5 Å². The minimum absolute atomic E-state index is 0.0276. The van der Waals surface area contributed by atoms with Gasteiger partial charge in [-0.1, -0.05) is 18.2 Å². The second-order valence-corrected chi connectivity index (χ2v) is 8.30. The minimum atomic E-state index is -0.839. The lowest BCUT2D eigenvalue weighted by Crippen LogP contribution is -2.30. The molecule has 0 aromatic heterocycles. The van der Waals surface area contributed by atoms with Crippen molar-refractivity contribution in [1.29, 1.82) is 0 Å². The van der Waals surface area contributed by atoms with Crippen LogP contribution < -0.4 is 4.74 Å². The van der Waals surface area contributed by atoms with E-state index in [4.69, 9.17) is 4.74 Å². The number of hydrogen-bond donors (Lipinski definition) is 0. The van der Waals surface area contributed by atoms with Gasteiger partial charge in [-0.15, -0.1) is 11.8 Å². The molecule has 0 N–H and O–H groups in total. The van der Waals surface area contributed by atoms with Gasteiger partial charge in [0.25, 0.3) is 0 Å². The van der Waals surface area contributed by atoms with Crippen molar-refractivity contribution in [2.45, 2.75) is 51.0 Å². The van der Waals surface area contributed by atoms with Crippen LogP contribution in [0.4, 0.5) is 0 Å². The molecule has 0 saturated heterocycles. The molecule has 0 aliphatic rings. The van der Waals surface area contributed by atoms with E-state index in [-0.39, 0.29) is 5.78 Å². The molecule has 0 fully saturated rings. The molecule has 28 heavy (non-hydrogen) atoms. The van der Waals surface area contributed by atoms with Gasteiger partial charge in [0.15, 0.2) is 17.7 Å². The summed E-state index contributed by atoms with van der Waals surface area (Å²) in [6, 6.07) is 11.8. The van der Waals surface area contributed by atoms with Crippen molar-refractivity contribution in [3.8, 4) is 5.75 Å². The zero-order valence-corrected chi connectivity index (χ0v) is 18.1. The Morgan fingerprint density at radius 2 is 1.71 bits per heavy atom. The molecule has 0 saturated carbocycles. The lowest BCUT2D eigenvalue weighted by molar-refractivity contribution is -0.119. The third-order valence-corrected chi connectivity index (χ3v) is 5.16. The van der Waals surface area contributed by atoms with Crippen molar-refractivity contribution >= 4 is 23.8 Å². The highest BCUT2D eigenvalue weighted by Crippen LogP contribution is 2.28. The number of allylic oxidation sites excluding steroid dienone is 2. The Bertz CT molecular complexity index is 841. The molecule has 0 spiro atoms. The van der Waals surface area contributed by atoms with Crippen LogP contribution in [-0.2, 0) is 11.2 Å². The van der Waals surface area contributed by atoms with Crippen molar-refractivity contribution in [2.24, 2.45) is 0 Å². The molecule has 2 rings (SSSR count). The summed E-state index contributed by atoms with van der Waals surface area (Å²) in [5.41, 5.74) is 3.08. The number of benzene rings is 2. The first-order valence-electron chi connectivity index (χ1n) is 9.36. The first-order chi connectivity index (χ1) is 13.3. The van der Waals surface area contributed by atoms with Gasteiger partial charge in [-0.25, -0.2) is 0 Å². The third-order valence-electron chi connectivity index (χ3n) is 4.41. The summed E-state index contributed by atoms with van der Waals surface area (Å²) < 4.78 is 5.86. The number of ether oxygens (including phenoxy) is 1. The predicted octanol–water partition coefficient (Wildman–Crippen LogP) is 5.75. The van der Waals surface area contributed by atoms with Crippen LogP contribution >= 0.6 is 11.8 Å². The summed E-state index contributed by atoms with van der Waals surface area (Å²) in [6.07, 6.45) is 8.03. The first-order valence-corrected chi connectivity index (χ1v) is 10.6. The van der Waals surface area contributed by atoms with Crippen molar-refractivity contribution in [3.63, 3.8) is 0 Å². The first kappa shape index (κ1) is 22.0. The van der Waals surface area contributed by atoms with E-state index in [1.165, 1.54) is 5.56 Å². The highest BCUT2D eigenvalue weighted by atomic mass is 32.2. The van der Waals surface area contributed by atoms with E-state index in [2.05, 4.69) is 12.1 Å². The average molecular weight is 397 g/mol. The molecule has 0 amide bonds. The Balaban J connectivity index is 1.97. The molecule has 0 unspecified atom stereocenters. The van der Waals surface area contributed by atoms with E-state index in [0.717, 1.165) is 40.9 Å². The number of aryl methyl sites for hydroxylation is 3. The lowest BCUT2D eigenvalue weighted by atomic mass is 10.0. The number of aldehydes is 1. The highest BCUT2D eigenvalue weighted by Gasteiger charge is 2.20. The zero-order chi connectivity index (χ0) is 20.7. The van der Waals surface area contributed by atoms with Gasteiger partial charge >= 0.3 is 0 Å². The number of ketones is 1. The summed E-state index contributed by atoms with van der Waals surface area (Å²) in [5.74, 6) is 0.792. The fourth-order valence-corrected chi connectivity index (χ4v) is 3.33. The Labute approximate surface area is 172 Å². The van der Waals surface area contributed by atoms with Crippen LogP contribution in [0, 0.1) is 13.8 Å². The number of hydrogen-bond acceptors (Lipinski definition) is 4. The predicted molar refractivity (Wildman–Crippen MR) is 117 cm³/mol. The van der Waals surface area contributed by atoms with E-state index in [9.17, 15) is 9.59 Å². The van der Waals surface area contributed by atoms with Gasteiger partial charge in [-0.2, -0.15) is 0 Å². The Kier molecular flexibility index (Phi) is 7.64. The number of carbonyl (C=O) groups excluding carboxylic acids is 2. The largest absolute Gasteiger partial charge is 0.480 e. The third kappa shape index (κ3) is 6.10.